The molecular weight excluding hydrogens is 344 g/mol. The van der Waals surface area contributed by atoms with Gasteiger partial charge in [0.2, 0.25) is 5.91 Å². The number of amides is 1. The molecule has 1 amide bonds. The molecule has 2 rings (SSSR count). The largest absolute Gasteiger partial charge is 0.466 e. The zero-order chi connectivity index (χ0) is 17.4. The number of carbonyl (C=O) groups is 1. The summed E-state index contributed by atoms with van der Waals surface area (Å²) in [5, 5.41) is 3.78. The fourth-order valence-corrected chi connectivity index (χ4v) is 2.75. The second kappa shape index (κ2) is 6.10. The fraction of sp³-hybridized carbons (Fsp3) is 0.429. The van der Waals surface area contributed by atoms with E-state index in [1.165, 1.54) is 0 Å². The summed E-state index contributed by atoms with van der Waals surface area (Å²) in [6.07, 6.45) is 0.244. The maximum absolute atomic E-state index is 12.6. The Bertz CT molecular complexity index is 768. The van der Waals surface area contributed by atoms with Crippen molar-refractivity contribution in [3.05, 3.63) is 28.8 Å². The van der Waals surface area contributed by atoms with Gasteiger partial charge in [-0.3, -0.25) is 9.35 Å². The maximum atomic E-state index is 12.6. The molecular formula is C14H17ClN2O5S. The van der Waals surface area contributed by atoms with Crippen molar-refractivity contribution in [1.82, 2.24) is 0 Å². The van der Waals surface area contributed by atoms with Crippen LogP contribution in [0.5, 0.6) is 0 Å². The molecule has 9 heteroatoms. The van der Waals surface area contributed by atoms with Crippen LogP contribution in [0, 0.1) is 5.41 Å². The number of benzene rings is 1. The predicted octanol–water partition coefficient (Wildman–Crippen LogP) is 2.65. The molecule has 0 bridgehead atoms. The molecule has 1 aliphatic heterocycles. The number of hydrogen-bond donors (Lipinski definition) is 1. The van der Waals surface area contributed by atoms with E-state index in [0.29, 0.717) is 22.8 Å². The van der Waals surface area contributed by atoms with E-state index in [4.69, 9.17) is 16.2 Å². The van der Waals surface area contributed by atoms with E-state index in [0.717, 1.165) is 0 Å². The smallest absolute Gasteiger partial charge is 0.311 e. The van der Waals surface area contributed by atoms with Gasteiger partial charge in [0.1, 0.15) is 0 Å². The Hall–Kier alpha value is -1.64. The highest BCUT2D eigenvalue weighted by atomic mass is 35.5. The normalized spacial score (nSPS) is 17.1. The molecule has 0 spiro atoms. The predicted molar refractivity (Wildman–Crippen MR) is 87.0 cm³/mol. The summed E-state index contributed by atoms with van der Waals surface area (Å²) in [7, 11) is -4.70. The molecule has 23 heavy (non-hydrogen) atoms. The van der Waals surface area contributed by atoms with Gasteiger partial charge in [0.15, 0.2) is 0 Å². The minimum atomic E-state index is -4.70. The highest BCUT2D eigenvalue weighted by Crippen LogP contribution is 2.35. The first-order chi connectivity index (χ1) is 10.5. The van der Waals surface area contributed by atoms with Gasteiger partial charge in [0, 0.05) is 23.9 Å². The second-order valence-electron chi connectivity index (χ2n) is 6.13. The molecule has 0 aromatic heterocycles. The van der Waals surface area contributed by atoms with E-state index < -0.39 is 15.8 Å². The molecule has 0 radical (unpaired) electrons. The van der Waals surface area contributed by atoms with E-state index >= 15 is 0 Å². The summed E-state index contributed by atoms with van der Waals surface area (Å²) in [6, 6.07) is 5.00. The standard InChI is InChI=1S/C14H17ClN2O5S/c1-14(2,3)13(18)17-8-7-10(16-22-23(19,20)21)12-9(15)5-4-6-11(12)17/h4-6H,7-8H2,1-3H3,(H,19,20,21)/b16-10+. The van der Waals surface area contributed by atoms with Crippen LogP contribution in [0.3, 0.4) is 0 Å². The quantitative estimate of drug-likeness (QED) is 0.646. The van der Waals surface area contributed by atoms with Gasteiger partial charge in [0.25, 0.3) is 0 Å². The lowest BCUT2D eigenvalue weighted by atomic mass is 9.91. The van der Waals surface area contributed by atoms with Crippen LogP contribution in [0.15, 0.2) is 23.4 Å². The van der Waals surface area contributed by atoms with Crippen LogP contribution in [-0.4, -0.2) is 31.1 Å². The first-order valence-electron chi connectivity index (χ1n) is 6.84. The Balaban J connectivity index is 2.51. The number of nitrogens with zero attached hydrogens (tertiary/aromatic N) is 2. The van der Waals surface area contributed by atoms with Gasteiger partial charge in [-0.15, -0.1) is 0 Å². The number of anilines is 1. The zero-order valence-electron chi connectivity index (χ0n) is 12.9. The summed E-state index contributed by atoms with van der Waals surface area (Å²) in [5.41, 5.74) is 0.614. The topological polar surface area (TPSA) is 96.3 Å². The lowest BCUT2D eigenvalue weighted by molar-refractivity contribution is -0.125. The van der Waals surface area contributed by atoms with Crippen molar-refractivity contribution < 1.29 is 22.0 Å². The summed E-state index contributed by atoms with van der Waals surface area (Å²) < 4.78 is 34.2. The van der Waals surface area contributed by atoms with Gasteiger partial charge in [-0.2, -0.15) is 8.42 Å². The van der Waals surface area contributed by atoms with Gasteiger partial charge in [-0.05, 0) is 12.1 Å². The van der Waals surface area contributed by atoms with Crippen LogP contribution in [0.1, 0.15) is 32.8 Å². The van der Waals surface area contributed by atoms with E-state index in [9.17, 15) is 13.2 Å². The van der Waals surface area contributed by atoms with Crippen molar-refractivity contribution in [2.24, 2.45) is 10.6 Å². The van der Waals surface area contributed by atoms with Crippen molar-refractivity contribution in [2.75, 3.05) is 11.4 Å². The van der Waals surface area contributed by atoms with E-state index in [1.807, 2.05) is 20.8 Å². The summed E-state index contributed by atoms with van der Waals surface area (Å²) in [4.78, 5) is 14.2. The Morgan fingerprint density at radius 3 is 2.61 bits per heavy atom. The number of hydrogen-bond acceptors (Lipinski definition) is 5. The van der Waals surface area contributed by atoms with Crippen LogP contribution in [-0.2, 0) is 19.5 Å². The van der Waals surface area contributed by atoms with Crippen molar-refractivity contribution in [1.29, 1.82) is 0 Å². The lowest BCUT2D eigenvalue weighted by Gasteiger charge is -2.34. The van der Waals surface area contributed by atoms with E-state index in [2.05, 4.69) is 9.44 Å². The van der Waals surface area contributed by atoms with Gasteiger partial charge >= 0.3 is 10.4 Å². The highest BCUT2D eigenvalue weighted by Gasteiger charge is 2.34. The van der Waals surface area contributed by atoms with Crippen molar-refractivity contribution in [3.63, 3.8) is 0 Å². The Kier molecular flexibility index (Phi) is 4.70. The Morgan fingerprint density at radius 1 is 1.39 bits per heavy atom. The molecule has 1 aromatic carbocycles. The number of halogens is 1. The minimum absolute atomic E-state index is 0.0873. The number of oxime groups is 1. The molecule has 0 aliphatic carbocycles. The first-order valence-corrected chi connectivity index (χ1v) is 8.59. The summed E-state index contributed by atoms with van der Waals surface area (Å²) in [5.74, 6) is -0.0873. The first kappa shape index (κ1) is 17.7. The summed E-state index contributed by atoms with van der Waals surface area (Å²) in [6.45, 7) is 5.73. The molecule has 1 aliphatic rings. The average Bonchev–Trinajstić information content (AvgIpc) is 2.42. The third kappa shape index (κ3) is 4.01. The van der Waals surface area contributed by atoms with Crippen molar-refractivity contribution >= 4 is 39.3 Å². The molecule has 0 fully saturated rings. The second-order valence-corrected chi connectivity index (χ2v) is 7.54. The molecule has 0 saturated heterocycles. The molecule has 1 aromatic rings. The average molecular weight is 361 g/mol. The Labute approximate surface area is 139 Å². The fourth-order valence-electron chi connectivity index (χ4n) is 2.29. The van der Waals surface area contributed by atoms with Crippen LogP contribution in [0.4, 0.5) is 5.69 Å². The van der Waals surface area contributed by atoms with Gasteiger partial charge in [0.05, 0.1) is 16.4 Å². The molecule has 126 valence electrons. The monoisotopic (exact) mass is 360 g/mol. The highest BCUT2D eigenvalue weighted by molar-refractivity contribution is 7.80. The SMILES string of the molecule is CC(C)(C)C(=O)N1CC/C(=N\OS(=O)(=O)O)c2c(Cl)cccc21. The lowest BCUT2D eigenvalue weighted by Crippen LogP contribution is -2.43. The number of carbonyl (C=O) groups excluding carboxylic acids is 1. The number of rotatable bonds is 2. The van der Waals surface area contributed by atoms with Crippen molar-refractivity contribution in [2.45, 2.75) is 27.2 Å². The molecule has 0 unspecified atom stereocenters. The third-order valence-corrected chi connectivity index (χ3v) is 3.85. The minimum Gasteiger partial charge on any atom is -0.311 e. The Morgan fingerprint density at radius 2 is 2.04 bits per heavy atom. The molecule has 1 heterocycles. The van der Waals surface area contributed by atoms with Crippen LogP contribution >= 0.6 is 11.6 Å². The van der Waals surface area contributed by atoms with Crippen LogP contribution in [0.25, 0.3) is 0 Å². The summed E-state index contributed by atoms with van der Waals surface area (Å²) >= 11 is 6.18. The zero-order valence-corrected chi connectivity index (χ0v) is 14.5. The third-order valence-electron chi connectivity index (χ3n) is 3.27. The van der Waals surface area contributed by atoms with Crippen LogP contribution < -0.4 is 4.90 Å². The molecule has 1 N–H and O–H groups in total. The van der Waals surface area contributed by atoms with E-state index in [-0.39, 0.29) is 18.0 Å². The molecule has 0 atom stereocenters. The molecule has 0 saturated carbocycles. The number of fused-ring (bicyclic) bond motifs is 1. The van der Waals surface area contributed by atoms with Crippen LogP contribution in [0.2, 0.25) is 5.02 Å². The van der Waals surface area contributed by atoms with Gasteiger partial charge in [-0.25, -0.2) is 4.28 Å². The van der Waals surface area contributed by atoms with Gasteiger partial charge in [-0.1, -0.05) is 43.6 Å². The van der Waals surface area contributed by atoms with Crippen molar-refractivity contribution in [3.8, 4) is 0 Å². The van der Waals surface area contributed by atoms with Gasteiger partial charge < -0.3 is 4.90 Å². The van der Waals surface area contributed by atoms with E-state index in [1.54, 1.807) is 23.1 Å². The maximum Gasteiger partial charge on any atom is 0.466 e. The molecule has 7 nitrogen and oxygen atoms in total.